The van der Waals surface area contributed by atoms with Crippen molar-refractivity contribution in [3.63, 3.8) is 0 Å². The smallest absolute Gasteiger partial charge is 0.246 e. The summed E-state index contributed by atoms with van der Waals surface area (Å²) in [5.74, 6) is 1.82. The lowest BCUT2D eigenvalue weighted by Crippen LogP contribution is -2.33. The van der Waals surface area contributed by atoms with Gasteiger partial charge in [-0.1, -0.05) is 65.3 Å². The maximum absolute atomic E-state index is 12.6. The van der Waals surface area contributed by atoms with Crippen molar-refractivity contribution in [1.29, 1.82) is 0 Å². The second-order valence-corrected chi connectivity index (χ2v) is 7.84. The van der Waals surface area contributed by atoms with Gasteiger partial charge in [-0.2, -0.15) is 4.98 Å². The Morgan fingerprint density at radius 2 is 1.85 bits per heavy atom. The summed E-state index contributed by atoms with van der Waals surface area (Å²) in [4.78, 5) is 18.6. The quantitative estimate of drug-likeness (QED) is 0.610. The van der Waals surface area contributed by atoms with Crippen molar-refractivity contribution in [2.24, 2.45) is 0 Å². The molecule has 2 aromatic carbocycles. The van der Waals surface area contributed by atoms with Crippen LogP contribution in [0.2, 0.25) is 0 Å². The number of carbonyl (C=O) groups excluding carboxylic acids is 1. The molecule has 1 amide bonds. The Hall–Kier alpha value is -2.60. The summed E-state index contributed by atoms with van der Waals surface area (Å²) < 4.78 is 5.32. The molecule has 0 fully saturated rings. The summed E-state index contributed by atoms with van der Waals surface area (Å²) in [5.41, 5.74) is 3.29. The summed E-state index contributed by atoms with van der Waals surface area (Å²) in [5, 5.41) is 3.88. The summed E-state index contributed by atoms with van der Waals surface area (Å²) >= 11 is 1.62. The monoisotopic (exact) mass is 381 g/mol. The highest BCUT2D eigenvalue weighted by molar-refractivity contribution is 7.99. The average Bonchev–Trinajstić information content (AvgIpc) is 3.15. The Bertz CT molecular complexity index is 878. The van der Waals surface area contributed by atoms with Gasteiger partial charge < -0.3 is 9.42 Å². The van der Waals surface area contributed by atoms with Gasteiger partial charge >= 0.3 is 0 Å². The summed E-state index contributed by atoms with van der Waals surface area (Å²) in [6.07, 6.45) is 0. The molecule has 0 saturated carbocycles. The van der Waals surface area contributed by atoms with E-state index < -0.39 is 0 Å². The molecule has 140 valence electrons. The van der Waals surface area contributed by atoms with Gasteiger partial charge in [-0.05, 0) is 19.4 Å². The van der Waals surface area contributed by atoms with Crippen LogP contribution in [0.5, 0.6) is 0 Å². The fourth-order valence-corrected chi connectivity index (χ4v) is 3.55. The number of rotatable bonds is 7. The van der Waals surface area contributed by atoms with Gasteiger partial charge in [0.15, 0.2) is 0 Å². The highest BCUT2D eigenvalue weighted by Crippen LogP contribution is 2.20. The van der Waals surface area contributed by atoms with E-state index in [0.717, 1.165) is 11.3 Å². The first-order valence-corrected chi connectivity index (χ1v) is 9.88. The van der Waals surface area contributed by atoms with Crippen LogP contribution in [-0.2, 0) is 17.1 Å². The van der Waals surface area contributed by atoms with Crippen LogP contribution in [-0.4, -0.2) is 33.2 Å². The Kier molecular flexibility index (Phi) is 6.29. The van der Waals surface area contributed by atoms with Crippen LogP contribution in [0.1, 0.15) is 23.9 Å². The lowest BCUT2D eigenvalue weighted by molar-refractivity contribution is -0.129. The third kappa shape index (κ3) is 5.20. The summed E-state index contributed by atoms with van der Waals surface area (Å²) in [7, 11) is 1.76. The SMILES string of the molecule is Cc1ccc(-c2noc(CN(C)C(=O)C(C)SCc3ccccc3)n2)cc1. The molecule has 3 rings (SSSR count). The Balaban J connectivity index is 1.55. The van der Waals surface area contributed by atoms with Crippen molar-refractivity contribution in [1.82, 2.24) is 15.0 Å². The molecular weight excluding hydrogens is 358 g/mol. The van der Waals surface area contributed by atoms with Crippen molar-refractivity contribution in [3.8, 4) is 11.4 Å². The van der Waals surface area contributed by atoms with E-state index in [1.165, 1.54) is 11.1 Å². The molecule has 1 aromatic heterocycles. The number of amides is 1. The molecule has 27 heavy (non-hydrogen) atoms. The van der Waals surface area contributed by atoms with E-state index in [1.807, 2.05) is 56.3 Å². The van der Waals surface area contributed by atoms with Crippen molar-refractivity contribution in [3.05, 3.63) is 71.6 Å². The second kappa shape index (κ2) is 8.86. The van der Waals surface area contributed by atoms with Crippen molar-refractivity contribution in [2.45, 2.75) is 31.4 Å². The zero-order valence-corrected chi connectivity index (χ0v) is 16.6. The number of aromatic nitrogens is 2. The molecule has 0 bridgehead atoms. The van der Waals surface area contributed by atoms with E-state index in [4.69, 9.17) is 4.52 Å². The van der Waals surface area contributed by atoms with Gasteiger partial charge in [0.1, 0.15) is 0 Å². The zero-order valence-electron chi connectivity index (χ0n) is 15.8. The number of hydrogen-bond acceptors (Lipinski definition) is 5. The van der Waals surface area contributed by atoms with Crippen LogP contribution in [0.3, 0.4) is 0 Å². The van der Waals surface area contributed by atoms with Gasteiger partial charge in [0, 0.05) is 18.4 Å². The topological polar surface area (TPSA) is 59.2 Å². The van der Waals surface area contributed by atoms with Gasteiger partial charge in [0.2, 0.25) is 17.6 Å². The fourth-order valence-electron chi connectivity index (χ4n) is 2.60. The molecule has 3 aromatic rings. The van der Waals surface area contributed by atoms with E-state index in [9.17, 15) is 4.79 Å². The van der Waals surface area contributed by atoms with Gasteiger partial charge in [0.05, 0.1) is 11.8 Å². The molecule has 0 aliphatic carbocycles. The standard InChI is InChI=1S/C21H23N3O2S/c1-15-9-11-18(12-10-15)20-22-19(26-23-20)13-24(3)21(25)16(2)27-14-17-7-5-4-6-8-17/h4-12,16H,13-14H2,1-3H3. The first kappa shape index (κ1) is 19.2. The molecule has 1 unspecified atom stereocenters. The van der Waals surface area contributed by atoms with Crippen molar-refractivity contribution in [2.75, 3.05) is 7.05 Å². The van der Waals surface area contributed by atoms with Crippen LogP contribution in [0.15, 0.2) is 59.1 Å². The maximum atomic E-state index is 12.6. The Morgan fingerprint density at radius 1 is 1.15 bits per heavy atom. The number of nitrogens with zero attached hydrogens (tertiary/aromatic N) is 3. The molecular formula is C21H23N3O2S. The largest absolute Gasteiger partial charge is 0.337 e. The minimum atomic E-state index is -0.144. The second-order valence-electron chi connectivity index (χ2n) is 6.51. The molecule has 0 spiro atoms. The highest BCUT2D eigenvalue weighted by atomic mass is 32.2. The third-order valence-corrected chi connectivity index (χ3v) is 5.42. The molecule has 0 aliphatic rings. The van der Waals surface area contributed by atoms with Crippen LogP contribution in [0.4, 0.5) is 0 Å². The average molecular weight is 382 g/mol. The van der Waals surface area contributed by atoms with E-state index in [1.54, 1.807) is 23.7 Å². The van der Waals surface area contributed by atoms with Gasteiger partial charge in [-0.3, -0.25) is 4.79 Å². The molecule has 0 saturated heterocycles. The lowest BCUT2D eigenvalue weighted by Gasteiger charge is -2.19. The number of benzene rings is 2. The lowest BCUT2D eigenvalue weighted by atomic mass is 10.1. The van der Waals surface area contributed by atoms with Crippen molar-refractivity contribution >= 4 is 17.7 Å². The van der Waals surface area contributed by atoms with Crippen LogP contribution < -0.4 is 0 Å². The van der Waals surface area contributed by atoms with Crippen LogP contribution in [0, 0.1) is 6.92 Å². The number of aryl methyl sites for hydroxylation is 1. The van der Waals surface area contributed by atoms with Gasteiger partial charge in [-0.25, -0.2) is 0 Å². The zero-order chi connectivity index (χ0) is 19.2. The first-order chi connectivity index (χ1) is 13.0. The number of thioether (sulfide) groups is 1. The Labute approximate surface area is 163 Å². The number of carbonyl (C=O) groups is 1. The van der Waals surface area contributed by atoms with E-state index >= 15 is 0 Å². The fraction of sp³-hybridized carbons (Fsp3) is 0.286. The first-order valence-electron chi connectivity index (χ1n) is 8.83. The van der Waals surface area contributed by atoms with E-state index in [-0.39, 0.29) is 11.2 Å². The molecule has 1 heterocycles. The third-order valence-electron chi connectivity index (χ3n) is 4.22. The molecule has 0 radical (unpaired) electrons. The minimum Gasteiger partial charge on any atom is -0.337 e. The van der Waals surface area contributed by atoms with Gasteiger partial charge in [-0.15, -0.1) is 11.8 Å². The van der Waals surface area contributed by atoms with Crippen molar-refractivity contribution < 1.29 is 9.32 Å². The number of hydrogen-bond donors (Lipinski definition) is 0. The predicted molar refractivity (Wildman–Crippen MR) is 108 cm³/mol. The van der Waals surface area contributed by atoms with Crippen LogP contribution in [0.25, 0.3) is 11.4 Å². The van der Waals surface area contributed by atoms with E-state index in [0.29, 0.717) is 18.3 Å². The normalized spacial score (nSPS) is 12.0. The summed E-state index contributed by atoms with van der Waals surface area (Å²) in [6.45, 7) is 4.26. The highest BCUT2D eigenvalue weighted by Gasteiger charge is 2.20. The van der Waals surface area contributed by atoms with Crippen LogP contribution >= 0.6 is 11.8 Å². The maximum Gasteiger partial charge on any atom is 0.246 e. The van der Waals surface area contributed by atoms with Gasteiger partial charge in [0.25, 0.3) is 0 Å². The molecule has 5 nitrogen and oxygen atoms in total. The Morgan fingerprint density at radius 3 is 2.56 bits per heavy atom. The molecule has 6 heteroatoms. The molecule has 1 atom stereocenters. The summed E-state index contributed by atoms with van der Waals surface area (Å²) in [6, 6.07) is 18.1. The molecule has 0 aliphatic heterocycles. The minimum absolute atomic E-state index is 0.0472. The molecule has 0 N–H and O–H groups in total. The predicted octanol–water partition coefficient (Wildman–Crippen LogP) is 4.33. The van der Waals surface area contributed by atoms with E-state index in [2.05, 4.69) is 22.3 Å².